The van der Waals surface area contributed by atoms with Crippen molar-refractivity contribution in [2.75, 3.05) is 6.61 Å². The molecule has 0 aromatic rings. The zero-order valence-corrected chi connectivity index (χ0v) is 8.45. The molecule has 2 heteroatoms. The first kappa shape index (κ1) is 10.3. The molecule has 13 heavy (non-hydrogen) atoms. The minimum Gasteiger partial charge on any atom is -0.461 e. The van der Waals surface area contributed by atoms with E-state index in [0.717, 1.165) is 6.42 Å². The standard InChI is InChI=1S/C11H18O2/c1-3-4-8-13-11(12)10-7-5-6-9(10)2/h3-4,9-10H,5-8H2,1-2H3/b4-3-. The van der Waals surface area contributed by atoms with Crippen LogP contribution in [0.1, 0.15) is 33.1 Å². The fourth-order valence-corrected chi connectivity index (χ4v) is 1.83. The summed E-state index contributed by atoms with van der Waals surface area (Å²) in [5.74, 6) is 0.659. The molecule has 1 fully saturated rings. The first-order valence-electron chi connectivity index (χ1n) is 5.03. The second kappa shape index (κ2) is 5.05. The van der Waals surface area contributed by atoms with Crippen LogP contribution in [-0.2, 0) is 9.53 Å². The number of esters is 1. The summed E-state index contributed by atoms with van der Waals surface area (Å²) in [5.41, 5.74) is 0. The van der Waals surface area contributed by atoms with E-state index in [9.17, 15) is 4.79 Å². The summed E-state index contributed by atoms with van der Waals surface area (Å²) >= 11 is 0. The van der Waals surface area contributed by atoms with E-state index >= 15 is 0 Å². The number of ether oxygens (including phenoxy) is 1. The van der Waals surface area contributed by atoms with E-state index in [1.807, 2.05) is 19.1 Å². The maximum Gasteiger partial charge on any atom is 0.309 e. The molecule has 2 atom stereocenters. The Morgan fingerprint density at radius 1 is 1.54 bits per heavy atom. The highest BCUT2D eigenvalue weighted by Gasteiger charge is 2.30. The zero-order valence-electron chi connectivity index (χ0n) is 8.45. The van der Waals surface area contributed by atoms with Gasteiger partial charge in [0, 0.05) is 0 Å². The predicted molar refractivity (Wildman–Crippen MR) is 52.3 cm³/mol. The smallest absolute Gasteiger partial charge is 0.309 e. The number of carbonyl (C=O) groups is 1. The Morgan fingerprint density at radius 2 is 2.31 bits per heavy atom. The maximum atomic E-state index is 11.5. The van der Waals surface area contributed by atoms with Crippen molar-refractivity contribution in [3.8, 4) is 0 Å². The highest BCUT2D eigenvalue weighted by molar-refractivity contribution is 5.73. The van der Waals surface area contributed by atoms with Gasteiger partial charge in [-0.2, -0.15) is 0 Å². The van der Waals surface area contributed by atoms with Crippen molar-refractivity contribution in [2.24, 2.45) is 11.8 Å². The largest absolute Gasteiger partial charge is 0.461 e. The summed E-state index contributed by atoms with van der Waals surface area (Å²) in [5, 5.41) is 0. The first-order valence-corrected chi connectivity index (χ1v) is 5.03. The van der Waals surface area contributed by atoms with Crippen LogP contribution in [0.3, 0.4) is 0 Å². The number of hydrogen-bond donors (Lipinski definition) is 0. The molecule has 1 rings (SSSR count). The Kier molecular flexibility index (Phi) is 4.00. The van der Waals surface area contributed by atoms with E-state index in [-0.39, 0.29) is 11.9 Å². The third kappa shape index (κ3) is 2.87. The third-order valence-electron chi connectivity index (χ3n) is 2.72. The lowest BCUT2D eigenvalue weighted by atomic mass is 9.99. The molecule has 0 aromatic carbocycles. The fraction of sp³-hybridized carbons (Fsp3) is 0.727. The van der Waals surface area contributed by atoms with Gasteiger partial charge < -0.3 is 4.74 Å². The summed E-state index contributed by atoms with van der Waals surface area (Å²) < 4.78 is 5.11. The quantitative estimate of drug-likeness (QED) is 0.495. The van der Waals surface area contributed by atoms with Crippen LogP contribution in [-0.4, -0.2) is 12.6 Å². The maximum absolute atomic E-state index is 11.5. The molecule has 0 radical (unpaired) electrons. The van der Waals surface area contributed by atoms with Crippen molar-refractivity contribution in [1.29, 1.82) is 0 Å². The van der Waals surface area contributed by atoms with Crippen LogP contribution in [0, 0.1) is 11.8 Å². The topological polar surface area (TPSA) is 26.3 Å². The third-order valence-corrected chi connectivity index (χ3v) is 2.72. The van der Waals surface area contributed by atoms with E-state index in [1.165, 1.54) is 12.8 Å². The SMILES string of the molecule is C/C=C\COC(=O)C1CCCC1C. The lowest BCUT2D eigenvalue weighted by Gasteiger charge is -2.12. The van der Waals surface area contributed by atoms with Crippen LogP contribution in [0.5, 0.6) is 0 Å². The molecule has 1 saturated carbocycles. The first-order chi connectivity index (χ1) is 6.25. The van der Waals surface area contributed by atoms with Crippen LogP contribution in [0.25, 0.3) is 0 Å². The van der Waals surface area contributed by atoms with Crippen molar-refractivity contribution >= 4 is 5.97 Å². The highest BCUT2D eigenvalue weighted by Crippen LogP contribution is 2.31. The molecule has 74 valence electrons. The summed E-state index contributed by atoms with van der Waals surface area (Å²) in [6.45, 7) is 4.49. The Morgan fingerprint density at radius 3 is 2.85 bits per heavy atom. The molecule has 0 aliphatic heterocycles. The van der Waals surface area contributed by atoms with Crippen molar-refractivity contribution in [3.05, 3.63) is 12.2 Å². The van der Waals surface area contributed by atoms with Gasteiger partial charge in [-0.15, -0.1) is 0 Å². The van der Waals surface area contributed by atoms with Crippen molar-refractivity contribution in [1.82, 2.24) is 0 Å². The molecule has 1 aliphatic rings. The van der Waals surface area contributed by atoms with Crippen molar-refractivity contribution in [3.63, 3.8) is 0 Å². The number of carbonyl (C=O) groups excluding carboxylic acids is 1. The molecule has 0 N–H and O–H groups in total. The molecule has 0 amide bonds. The van der Waals surface area contributed by atoms with Crippen LogP contribution >= 0.6 is 0 Å². The van der Waals surface area contributed by atoms with E-state index in [0.29, 0.717) is 12.5 Å². The number of hydrogen-bond acceptors (Lipinski definition) is 2. The Labute approximate surface area is 80.0 Å². The van der Waals surface area contributed by atoms with Crippen molar-refractivity contribution in [2.45, 2.75) is 33.1 Å². The second-order valence-electron chi connectivity index (χ2n) is 3.71. The van der Waals surface area contributed by atoms with Gasteiger partial charge in [-0.3, -0.25) is 4.79 Å². The average molecular weight is 182 g/mol. The zero-order chi connectivity index (χ0) is 9.68. The van der Waals surface area contributed by atoms with Gasteiger partial charge in [0.2, 0.25) is 0 Å². The number of allylic oxidation sites excluding steroid dienone is 1. The minimum absolute atomic E-state index is 0.0110. The molecule has 0 spiro atoms. The summed E-state index contributed by atoms with van der Waals surface area (Å²) in [4.78, 5) is 11.5. The molecule has 1 aliphatic carbocycles. The Bertz CT molecular complexity index is 196. The van der Waals surface area contributed by atoms with Crippen LogP contribution in [0.4, 0.5) is 0 Å². The monoisotopic (exact) mass is 182 g/mol. The summed E-state index contributed by atoms with van der Waals surface area (Å²) in [6.07, 6.45) is 7.10. The lowest BCUT2D eigenvalue weighted by molar-refractivity contribution is -0.148. The van der Waals surface area contributed by atoms with E-state index in [4.69, 9.17) is 4.74 Å². The van der Waals surface area contributed by atoms with Gasteiger partial charge in [0.1, 0.15) is 6.61 Å². The van der Waals surface area contributed by atoms with Crippen molar-refractivity contribution < 1.29 is 9.53 Å². The predicted octanol–water partition coefficient (Wildman–Crippen LogP) is 2.54. The molecule has 0 aromatic heterocycles. The van der Waals surface area contributed by atoms with E-state index < -0.39 is 0 Å². The minimum atomic E-state index is -0.0110. The molecular formula is C11H18O2. The van der Waals surface area contributed by atoms with Gasteiger partial charge in [0.15, 0.2) is 0 Å². The van der Waals surface area contributed by atoms with Gasteiger partial charge in [-0.05, 0) is 25.7 Å². The van der Waals surface area contributed by atoms with E-state index in [2.05, 4.69) is 6.92 Å². The normalized spacial score (nSPS) is 28.2. The van der Waals surface area contributed by atoms with Crippen LogP contribution in [0.2, 0.25) is 0 Å². The van der Waals surface area contributed by atoms with Gasteiger partial charge in [0.25, 0.3) is 0 Å². The second-order valence-corrected chi connectivity index (χ2v) is 3.71. The summed E-state index contributed by atoms with van der Waals surface area (Å²) in [6, 6.07) is 0. The van der Waals surface area contributed by atoms with Gasteiger partial charge in [-0.25, -0.2) is 0 Å². The average Bonchev–Trinajstić information content (AvgIpc) is 2.52. The lowest BCUT2D eigenvalue weighted by Crippen LogP contribution is -2.19. The molecule has 2 nitrogen and oxygen atoms in total. The van der Waals surface area contributed by atoms with Gasteiger partial charge >= 0.3 is 5.97 Å². The summed E-state index contributed by atoms with van der Waals surface area (Å²) in [7, 11) is 0. The Hall–Kier alpha value is -0.790. The van der Waals surface area contributed by atoms with Crippen LogP contribution in [0.15, 0.2) is 12.2 Å². The molecule has 2 unspecified atom stereocenters. The number of rotatable bonds is 3. The fourth-order valence-electron chi connectivity index (χ4n) is 1.83. The highest BCUT2D eigenvalue weighted by atomic mass is 16.5. The van der Waals surface area contributed by atoms with Gasteiger partial charge in [-0.1, -0.05) is 25.5 Å². The molecule has 0 saturated heterocycles. The molecule has 0 bridgehead atoms. The van der Waals surface area contributed by atoms with E-state index in [1.54, 1.807) is 0 Å². The van der Waals surface area contributed by atoms with Crippen LogP contribution < -0.4 is 0 Å². The molecular weight excluding hydrogens is 164 g/mol. The van der Waals surface area contributed by atoms with Gasteiger partial charge in [0.05, 0.1) is 5.92 Å². The molecule has 0 heterocycles. The Balaban J connectivity index is 2.30.